The SMILES string of the molecule is CN1CCC(CNC(=O)c2cc(S)ccc2F)C1. The van der Waals surface area contributed by atoms with Crippen LogP contribution in [0.3, 0.4) is 0 Å². The zero-order chi connectivity index (χ0) is 13.1. The number of nitrogens with one attached hydrogen (secondary N) is 1. The molecule has 0 bridgehead atoms. The smallest absolute Gasteiger partial charge is 0.254 e. The third-order valence-electron chi connectivity index (χ3n) is 3.23. The van der Waals surface area contributed by atoms with Crippen LogP contribution in [0.25, 0.3) is 0 Å². The molecule has 0 aliphatic carbocycles. The molecule has 1 aromatic carbocycles. The number of amides is 1. The minimum atomic E-state index is -0.506. The highest BCUT2D eigenvalue weighted by Gasteiger charge is 2.20. The molecule has 1 aliphatic rings. The maximum Gasteiger partial charge on any atom is 0.254 e. The summed E-state index contributed by atoms with van der Waals surface area (Å²) in [6.45, 7) is 2.63. The Labute approximate surface area is 112 Å². The van der Waals surface area contributed by atoms with Crippen molar-refractivity contribution in [3.05, 3.63) is 29.6 Å². The van der Waals surface area contributed by atoms with Crippen molar-refractivity contribution in [3.63, 3.8) is 0 Å². The lowest BCUT2D eigenvalue weighted by Crippen LogP contribution is -2.31. The fourth-order valence-corrected chi connectivity index (χ4v) is 2.42. The number of thiol groups is 1. The molecule has 18 heavy (non-hydrogen) atoms. The first kappa shape index (κ1) is 13.4. The monoisotopic (exact) mass is 268 g/mol. The molecule has 3 nitrogen and oxygen atoms in total. The van der Waals surface area contributed by atoms with Gasteiger partial charge in [-0.1, -0.05) is 0 Å². The Morgan fingerprint density at radius 2 is 2.39 bits per heavy atom. The van der Waals surface area contributed by atoms with Crippen LogP contribution in [-0.4, -0.2) is 37.5 Å². The first-order valence-corrected chi connectivity index (χ1v) is 6.46. The molecular weight excluding hydrogens is 251 g/mol. The summed E-state index contributed by atoms with van der Waals surface area (Å²) in [6.07, 6.45) is 1.08. The maximum absolute atomic E-state index is 13.5. The van der Waals surface area contributed by atoms with Gasteiger partial charge < -0.3 is 10.2 Å². The number of hydrogen-bond donors (Lipinski definition) is 2. The first-order chi connectivity index (χ1) is 8.56. The van der Waals surface area contributed by atoms with Gasteiger partial charge in [0.05, 0.1) is 5.56 Å². The highest BCUT2D eigenvalue weighted by atomic mass is 32.1. The summed E-state index contributed by atoms with van der Waals surface area (Å²) in [6, 6.07) is 4.25. The summed E-state index contributed by atoms with van der Waals surface area (Å²) in [5.74, 6) is -0.409. The quantitative estimate of drug-likeness (QED) is 0.819. The van der Waals surface area contributed by atoms with Crippen LogP contribution in [0.15, 0.2) is 23.1 Å². The van der Waals surface area contributed by atoms with Crippen molar-refractivity contribution < 1.29 is 9.18 Å². The van der Waals surface area contributed by atoms with Gasteiger partial charge in [-0.25, -0.2) is 4.39 Å². The van der Waals surface area contributed by atoms with Gasteiger partial charge in [0.15, 0.2) is 0 Å². The number of likely N-dealkylation sites (tertiary alicyclic amines) is 1. The van der Waals surface area contributed by atoms with E-state index in [1.807, 2.05) is 0 Å². The molecule has 1 aromatic rings. The lowest BCUT2D eigenvalue weighted by atomic mass is 10.1. The molecule has 98 valence electrons. The standard InChI is InChI=1S/C13H17FN2OS/c1-16-5-4-9(8-16)7-15-13(17)11-6-10(18)2-3-12(11)14/h2-3,6,9,18H,4-5,7-8H2,1H3,(H,15,17). The average molecular weight is 268 g/mol. The molecule has 0 spiro atoms. The summed E-state index contributed by atoms with van der Waals surface area (Å²) in [7, 11) is 2.06. The van der Waals surface area contributed by atoms with Gasteiger partial charge in [-0.15, -0.1) is 12.6 Å². The normalized spacial score (nSPS) is 20.1. The molecule has 1 saturated heterocycles. The van der Waals surface area contributed by atoms with E-state index in [9.17, 15) is 9.18 Å². The van der Waals surface area contributed by atoms with Crippen LogP contribution >= 0.6 is 12.6 Å². The lowest BCUT2D eigenvalue weighted by Gasteiger charge is -2.12. The van der Waals surface area contributed by atoms with Crippen molar-refractivity contribution in [2.75, 3.05) is 26.7 Å². The molecule has 0 saturated carbocycles. The van der Waals surface area contributed by atoms with E-state index in [1.165, 1.54) is 18.2 Å². The lowest BCUT2D eigenvalue weighted by molar-refractivity contribution is 0.0943. The first-order valence-electron chi connectivity index (χ1n) is 6.01. The molecule has 5 heteroatoms. The van der Waals surface area contributed by atoms with E-state index >= 15 is 0 Å². The molecule has 1 fully saturated rings. The van der Waals surface area contributed by atoms with Crippen molar-refractivity contribution in [2.45, 2.75) is 11.3 Å². The van der Waals surface area contributed by atoms with Crippen LogP contribution in [0.4, 0.5) is 4.39 Å². The number of hydrogen-bond acceptors (Lipinski definition) is 3. The Morgan fingerprint density at radius 3 is 3.06 bits per heavy atom. The van der Waals surface area contributed by atoms with Crippen LogP contribution < -0.4 is 5.32 Å². The second kappa shape index (κ2) is 5.71. The van der Waals surface area contributed by atoms with Crippen molar-refractivity contribution >= 4 is 18.5 Å². The Kier molecular flexibility index (Phi) is 4.24. The summed E-state index contributed by atoms with van der Waals surface area (Å²) < 4.78 is 13.5. The fraction of sp³-hybridized carbons (Fsp3) is 0.462. The number of halogens is 1. The molecule has 1 amide bonds. The third kappa shape index (κ3) is 3.23. The van der Waals surface area contributed by atoms with Crippen LogP contribution in [0.1, 0.15) is 16.8 Å². The molecule has 0 radical (unpaired) electrons. The van der Waals surface area contributed by atoms with Crippen LogP contribution in [0.2, 0.25) is 0 Å². The zero-order valence-corrected chi connectivity index (χ0v) is 11.2. The molecule has 2 rings (SSSR count). The summed E-state index contributed by atoms with van der Waals surface area (Å²) in [4.78, 5) is 14.7. The van der Waals surface area contributed by atoms with Gasteiger partial charge in [-0.05, 0) is 44.1 Å². The van der Waals surface area contributed by atoms with Crippen LogP contribution in [-0.2, 0) is 0 Å². The van der Waals surface area contributed by atoms with Crippen LogP contribution in [0.5, 0.6) is 0 Å². The topological polar surface area (TPSA) is 32.3 Å². The van der Waals surface area contributed by atoms with Gasteiger partial charge >= 0.3 is 0 Å². The predicted molar refractivity (Wildman–Crippen MR) is 71.6 cm³/mol. The number of benzene rings is 1. The number of nitrogens with zero attached hydrogens (tertiary/aromatic N) is 1. The highest BCUT2D eigenvalue weighted by molar-refractivity contribution is 7.80. The second-order valence-electron chi connectivity index (χ2n) is 4.79. The molecule has 1 heterocycles. The van der Waals surface area contributed by atoms with E-state index in [0.29, 0.717) is 17.4 Å². The molecule has 1 aliphatic heterocycles. The van der Waals surface area contributed by atoms with E-state index in [4.69, 9.17) is 0 Å². The van der Waals surface area contributed by atoms with Gasteiger partial charge in [0.25, 0.3) is 5.91 Å². The van der Waals surface area contributed by atoms with Crippen molar-refractivity contribution in [1.29, 1.82) is 0 Å². The van der Waals surface area contributed by atoms with Crippen molar-refractivity contribution in [2.24, 2.45) is 5.92 Å². The molecule has 0 aromatic heterocycles. The number of carbonyl (C=O) groups excluding carboxylic acids is 1. The van der Waals surface area contributed by atoms with Gasteiger partial charge in [0.2, 0.25) is 0 Å². The zero-order valence-electron chi connectivity index (χ0n) is 10.3. The molecule has 1 unspecified atom stereocenters. The molecule has 1 N–H and O–H groups in total. The van der Waals surface area contributed by atoms with E-state index in [-0.39, 0.29) is 11.5 Å². The van der Waals surface area contributed by atoms with E-state index in [2.05, 4.69) is 29.9 Å². The second-order valence-corrected chi connectivity index (χ2v) is 5.31. The minimum Gasteiger partial charge on any atom is -0.352 e. The van der Waals surface area contributed by atoms with E-state index < -0.39 is 5.82 Å². The maximum atomic E-state index is 13.5. The summed E-state index contributed by atoms with van der Waals surface area (Å²) in [5.41, 5.74) is 0.0638. The molecule has 1 atom stereocenters. The van der Waals surface area contributed by atoms with Crippen molar-refractivity contribution in [3.8, 4) is 0 Å². The number of rotatable bonds is 3. The van der Waals surface area contributed by atoms with E-state index in [1.54, 1.807) is 0 Å². The van der Waals surface area contributed by atoms with E-state index in [0.717, 1.165) is 19.5 Å². The number of carbonyl (C=O) groups is 1. The van der Waals surface area contributed by atoms with Crippen LogP contribution in [0, 0.1) is 11.7 Å². The van der Waals surface area contributed by atoms with Crippen molar-refractivity contribution in [1.82, 2.24) is 10.2 Å². The fourth-order valence-electron chi connectivity index (χ4n) is 2.21. The minimum absolute atomic E-state index is 0.0638. The predicted octanol–water partition coefficient (Wildman–Crippen LogP) is 1.80. The summed E-state index contributed by atoms with van der Waals surface area (Å²) >= 11 is 4.11. The summed E-state index contributed by atoms with van der Waals surface area (Å²) in [5, 5.41) is 2.79. The Morgan fingerprint density at radius 1 is 1.61 bits per heavy atom. The third-order valence-corrected chi connectivity index (χ3v) is 3.51. The Bertz CT molecular complexity index is 453. The Hall–Kier alpha value is -1.07. The largest absolute Gasteiger partial charge is 0.352 e. The van der Waals surface area contributed by atoms with Gasteiger partial charge in [0.1, 0.15) is 5.82 Å². The van der Waals surface area contributed by atoms with Gasteiger partial charge in [-0.2, -0.15) is 0 Å². The highest BCUT2D eigenvalue weighted by Crippen LogP contribution is 2.15. The Balaban J connectivity index is 1.93. The average Bonchev–Trinajstić information content (AvgIpc) is 2.75. The molecular formula is C13H17FN2OS. The van der Waals surface area contributed by atoms with Gasteiger partial charge in [-0.3, -0.25) is 4.79 Å². The van der Waals surface area contributed by atoms with Gasteiger partial charge in [0, 0.05) is 18.0 Å².